The standard InChI is InChI=1S/C14H24N2O3/c1-14(2,8-13(18)19)16-12(17)7-9-5-10-3-4-11(6-9)15-10/h9-11,15H,3-8H2,1-2H3,(H,16,17)(H,18,19). The lowest BCUT2D eigenvalue weighted by atomic mass is 9.89. The molecule has 19 heavy (non-hydrogen) atoms. The molecule has 2 rings (SSSR count). The van der Waals surface area contributed by atoms with Crippen molar-refractivity contribution in [3.05, 3.63) is 0 Å². The summed E-state index contributed by atoms with van der Waals surface area (Å²) >= 11 is 0. The molecular formula is C14H24N2O3. The molecule has 0 aromatic carbocycles. The van der Waals surface area contributed by atoms with Crippen LogP contribution in [0.25, 0.3) is 0 Å². The molecule has 0 spiro atoms. The highest BCUT2D eigenvalue weighted by Gasteiger charge is 2.34. The number of carboxylic acids is 1. The van der Waals surface area contributed by atoms with Crippen LogP contribution in [0, 0.1) is 5.92 Å². The number of hydrogen-bond acceptors (Lipinski definition) is 3. The maximum atomic E-state index is 12.0. The van der Waals surface area contributed by atoms with Crippen molar-refractivity contribution in [2.45, 2.75) is 70.0 Å². The Labute approximate surface area is 114 Å². The Morgan fingerprint density at radius 2 is 1.84 bits per heavy atom. The summed E-state index contributed by atoms with van der Waals surface area (Å²) < 4.78 is 0. The monoisotopic (exact) mass is 268 g/mol. The van der Waals surface area contributed by atoms with Crippen LogP contribution in [0.4, 0.5) is 0 Å². The summed E-state index contributed by atoms with van der Waals surface area (Å²) in [4.78, 5) is 22.7. The van der Waals surface area contributed by atoms with Crippen LogP contribution in [0.15, 0.2) is 0 Å². The van der Waals surface area contributed by atoms with Crippen molar-refractivity contribution >= 4 is 11.9 Å². The van der Waals surface area contributed by atoms with E-state index in [9.17, 15) is 9.59 Å². The first-order chi connectivity index (χ1) is 8.84. The topological polar surface area (TPSA) is 78.4 Å². The van der Waals surface area contributed by atoms with Crippen molar-refractivity contribution < 1.29 is 14.7 Å². The molecule has 2 saturated heterocycles. The third-order valence-corrected chi connectivity index (χ3v) is 4.12. The van der Waals surface area contributed by atoms with E-state index >= 15 is 0 Å². The van der Waals surface area contributed by atoms with Crippen LogP contribution in [0.2, 0.25) is 0 Å². The molecule has 0 aliphatic carbocycles. The number of fused-ring (bicyclic) bond motifs is 2. The number of aliphatic carboxylic acids is 1. The Hall–Kier alpha value is -1.10. The van der Waals surface area contributed by atoms with E-state index in [4.69, 9.17) is 5.11 Å². The highest BCUT2D eigenvalue weighted by molar-refractivity contribution is 5.78. The van der Waals surface area contributed by atoms with Gasteiger partial charge in [-0.15, -0.1) is 0 Å². The van der Waals surface area contributed by atoms with Gasteiger partial charge in [-0.25, -0.2) is 0 Å². The number of rotatable bonds is 5. The lowest BCUT2D eigenvalue weighted by Crippen LogP contribution is -2.46. The van der Waals surface area contributed by atoms with Crippen molar-refractivity contribution in [2.75, 3.05) is 0 Å². The molecule has 0 saturated carbocycles. The van der Waals surface area contributed by atoms with Gasteiger partial charge in [0.25, 0.3) is 0 Å². The van der Waals surface area contributed by atoms with Gasteiger partial charge in [0.2, 0.25) is 5.91 Å². The third-order valence-electron chi connectivity index (χ3n) is 4.12. The van der Waals surface area contributed by atoms with Crippen molar-refractivity contribution in [3.63, 3.8) is 0 Å². The van der Waals surface area contributed by atoms with E-state index in [1.165, 1.54) is 12.8 Å². The average molecular weight is 268 g/mol. The molecule has 2 heterocycles. The van der Waals surface area contributed by atoms with Gasteiger partial charge < -0.3 is 15.7 Å². The van der Waals surface area contributed by atoms with Gasteiger partial charge in [0.1, 0.15) is 0 Å². The van der Waals surface area contributed by atoms with E-state index in [-0.39, 0.29) is 12.3 Å². The van der Waals surface area contributed by atoms with Crippen LogP contribution >= 0.6 is 0 Å². The summed E-state index contributed by atoms with van der Waals surface area (Å²) in [6, 6.07) is 1.17. The number of amides is 1. The van der Waals surface area contributed by atoms with Crippen LogP contribution in [0.5, 0.6) is 0 Å². The molecule has 0 aromatic rings. The van der Waals surface area contributed by atoms with Gasteiger partial charge in [0.15, 0.2) is 0 Å². The molecule has 2 aliphatic rings. The van der Waals surface area contributed by atoms with Gasteiger partial charge in [-0.2, -0.15) is 0 Å². The lowest BCUT2D eigenvalue weighted by molar-refractivity contribution is -0.138. The fourth-order valence-corrected chi connectivity index (χ4v) is 3.45. The molecule has 5 heteroatoms. The Morgan fingerprint density at radius 1 is 1.26 bits per heavy atom. The SMILES string of the molecule is CC(C)(CC(=O)O)NC(=O)CC1CC2CCC(C1)N2. The molecular weight excluding hydrogens is 244 g/mol. The average Bonchev–Trinajstić information content (AvgIpc) is 2.54. The molecule has 3 N–H and O–H groups in total. The van der Waals surface area contributed by atoms with Crippen molar-refractivity contribution in [1.82, 2.24) is 10.6 Å². The molecule has 108 valence electrons. The molecule has 2 unspecified atom stereocenters. The van der Waals surface area contributed by atoms with E-state index in [0.717, 1.165) is 12.8 Å². The summed E-state index contributed by atoms with van der Waals surface area (Å²) in [5, 5.41) is 15.2. The lowest BCUT2D eigenvalue weighted by Gasteiger charge is -2.30. The number of nitrogens with one attached hydrogen (secondary N) is 2. The van der Waals surface area contributed by atoms with Gasteiger partial charge in [-0.3, -0.25) is 9.59 Å². The fraction of sp³-hybridized carbons (Fsp3) is 0.857. The Morgan fingerprint density at radius 3 is 2.37 bits per heavy atom. The predicted molar refractivity (Wildman–Crippen MR) is 71.8 cm³/mol. The van der Waals surface area contributed by atoms with Crippen LogP contribution < -0.4 is 10.6 Å². The zero-order valence-corrected chi connectivity index (χ0v) is 11.7. The number of carbonyl (C=O) groups is 2. The van der Waals surface area contributed by atoms with Gasteiger partial charge in [-0.05, 0) is 45.4 Å². The maximum absolute atomic E-state index is 12.0. The number of hydrogen-bond donors (Lipinski definition) is 3. The quantitative estimate of drug-likeness (QED) is 0.702. The Balaban J connectivity index is 1.79. The minimum Gasteiger partial charge on any atom is -0.481 e. The highest BCUT2D eigenvalue weighted by Crippen LogP contribution is 2.32. The number of piperidine rings is 1. The van der Waals surface area contributed by atoms with Gasteiger partial charge in [-0.1, -0.05) is 0 Å². The van der Waals surface area contributed by atoms with Crippen molar-refractivity contribution in [1.29, 1.82) is 0 Å². The highest BCUT2D eigenvalue weighted by atomic mass is 16.4. The molecule has 0 radical (unpaired) electrons. The maximum Gasteiger partial charge on any atom is 0.305 e. The Bertz CT molecular complexity index is 356. The van der Waals surface area contributed by atoms with E-state index in [0.29, 0.717) is 24.4 Å². The van der Waals surface area contributed by atoms with Crippen LogP contribution in [0.1, 0.15) is 52.4 Å². The summed E-state index contributed by atoms with van der Waals surface area (Å²) in [6.07, 6.45) is 5.08. The summed E-state index contributed by atoms with van der Waals surface area (Å²) in [6.45, 7) is 3.51. The van der Waals surface area contributed by atoms with Gasteiger partial charge in [0.05, 0.1) is 6.42 Å². The molecule has 2 aliphatic heterocycles. The second kappa shape index (κ2) is 5.49. The zero-order valence-electron chi connectivity index (χ0n) is 11.7. The summed E-state index contributed by atoms with van der Waals surface area (Å²) in [5.41, 5.74) is -0.672. The van der Waals surface area contributed by atoms with Gasteiger partial charge >= 0.3 is 5.97 Å². The number of carboxylic acid groups (broad SMARTS) is 1. The van der Waals surface area contributed by atoms with E-state index in [1.807, 2.05) is 0 Å². The molecule has 5 nitrogen and oxygen atoms in total. The molecule has 2 fully saturated rings. The largest absolute Gasteiger partial charge is 0.481 e. The van der Waals surface area contributed by atoms with Crippen molar-refractivity contribution in [2.24, 2.45) is 5.92 Å². The molecule has 1 amide bonds. The van der Waals surface area contributed by atoms with Crippen LogP contribution in [-0.2, 0) is 9.59 Å². The smallest absolute Gasteiger partial charge is 0.305 e. The van der Waals surface area contributed by atoms with Crippen LogP contribution in [0.3, 0.4) is 0 Å². The molecule has 0 aromatic heterocycles. The molecule has 2 bridgehead atoms. The molecule has 2 atom stereocenters. The predicted octanol–water partition coefficient (Wildman–Crippen LogP) is 1.28. The number of carbonyl (C=O) groups excluding carboxylic acids is 1. The summed E-state index contributed by atoms with van der Waals surface area (Å²) in [5.74, 6) is -0.456. The normalized spacial score (nSPS) is 30.1. The van der Waals surface area contributed by atoms with Crippen LogP contribution in [-0.4, -0.2) is 34.6 Å². The minimum absolute atomic E-state index is 0.0162. The first-order valence-corrected chi connectivity index (χ1v) is 7.13. The summed E-state index contributed by atoms with van der Waals surface area (Å²) in [7, 11) is 0. The first-order valence-electron chi connectivity index (χ1n) is 7.13. The van der Waals surface area contributed by atoms with Gasteiger partial charge in [0, 0.05) is 24.0 Å². The zero-order chi connectivity index (χ0) is 14.0. The second-order valence-corrected chi connectivity index (χ2v) is 6.68. The fourth-order valence-electron chi connectivity index (χ4n) is 3.45. The third kappa shape index (κ3) is 4.20. The Kier molecular flexibility index (Phi) is 4.13. The minimum atomic E-state index is -0.884. The van der Waals surface area contributed by atoms with E-state index in [1.54, 1.807) is 13.8 Å². The second-order valence-electron chi connectivity index (χ2n) is 6.68. The van der Waals surface area contributed by atoms with E-state index in [2.05, 4.69) is 10.6 Å². The van der Waals surface area contributed by atoms with Crippen molar-refractivity contribution in [3.8, 4) is 0 Å². The first kappa shape index (κ1) is 14.3. The van der Waals surface area contributed by atoms with E-state index < -0.39 is 11.5 Å².